The number of carboxylic acids is 1. The summed E-state index contributed by atoms with van der Waals surface area (Å²) in [6, 6.07) is 22.7. The van der Waals surface area contributed by atoms with Gasteiger partial charge in [-0.1, -0.05) is 48.5 Å². The third kappa shape index (κ3) is 6.65. The summed E-state index contributed by atoms with van der Waals surface area (Å²) < 4.78 is 1.56. The van der Waals surface area contributed by atoms with Gasteiger partial charge in [-0.3, -0.25) is 9.59 Å². The Morgan fingerprint density at radius 3 is 2.41 bits per heavy atom. The lowest BCUT2D eigenvalue weighted by Gasteiger charge is -2.13. The molecule has 5 aromatic rings. The number of unbranched alkanes of at least 4 members (excludes halogenated alkanes) is 1. The number of nitrogens with one attached hydrogen (secondary N) is 2. The molecular weight excluding hydrogens is 522 g/mol. The first-order chi connectivity index (χ1) is 19.9. The molecule has 41 heavy (non-hydrogen) atoms. The van der Waals surface area contributed by atoms with Gasteiger partial charge in [0, 0.05) is 34.6 Å². The zero-order valence-corrected chi connectivity index (χ0v) is 22.1. The topological polar surface area (TPSA) is 168 Å². The van der Waals surface area contributed by atoms with Crippen LogP contribution in [-0.2, 0) is 11.2 Å². The monoisotopic (exact) mass is 551 g/mol. The number of rotatable bonds is 12. The van der Waals surface area contributed by atoms with Crippen LogP contribution >= 0.6 is 0 Å². The first-order valence-corrected chi connectivity index (χ1v) is 13.1. The smallest absolute Gasteiger partial charge is 0.303 e. The first-order valence-electron chi connectivity index (χ1n) is 13.1. The molecule has 0 amide bonds. The van der Waals surface area contributed by atoms with E-state index in [9.17, 15) is 14.7 Å². The number of nitrogens with zero attached hydrogens (tertiary/aromatic N) is 4. The van der Waals surface area contributed by atoms with Crippen molar-refractivity contribution in [3.8, 4) is 0 Å². The SMILES string of the molecule is Nc1cccc(Nc2nc(Nc3cccc(C(=O)C(O)c4ccccc4)c3)n3ncc(CCCCC(=O)O)c3n2)c1. The van der Waals surface area contributed by atoms with Gasteiger partial charge in [0.1, 0.15) is 6.10 Å². The van der Waals surface area contributed by atoms with E-state index in [4.69, 9.17) is 10.8 Å². The lowest BCUT2D eigenvalue weighted by atomic mass is 10.00. The van der Waals surface area contributed by atoms with Crippen molar-refractivity contribution in [2.75, 3.05) is 16.4 Å². The first kappa shape index (κ1) is 27.3. The van der Waals surface area contributed by atoms with Crippen LogP contribution in [0.4, 0.5) is 29.0 Å². The van der Waals surface area contributed by atoms with Crippen molar-refractivity contribution in [3.63, 3.8) is 0 Å². The predicted molar refractivity (Wildman–Crippen MR) is 156 cm³/mol. The summed E-state index contributed by atoms with van der Waals surface area (Å²) >= 11 is 0. The number of aryl methyl sites for hydroxylation is 1. The van der Waals surface area contributed by atoms with Crippen molar-refractivity contribution in [3.05, 3.63) is 102 Å². The van der Waals surface area contributed by atoms with Crippen molar-refractivity contribution < 1.29 is 19.8 Å². The van der Waals surface area contributed by atoms with Gasteiger partial charge in [0.2, 0.25) is 11.9 Å². The summed E-state index contributed by atoms with van der Waals surface area (Å²) in [7, 11) is 0. The summed E-state index contributed by atoms with van der Waals surface area (Å²) in [5.41, 5.74) is 10.0. The van der Waals surface area contributed by atoms with Gasteiger partial charge in [0.25, 0.3) is 0 Å². The molecule has 11 nitrogen and oxygen atoms in total. The largest absolute Gasteiger partial charge is 0.481 e. The van der Waals surface area contributed by atoms with E-state index in [1.165, 1.54) is 0 Å². The summed E-state index contributed by atoms with van der Waals surface area (Å²) in [6.45, 7) is 0. The molecule has 0 aliphatic rings. The number of aliphatic hydroxyl groups excluding tert-OH is 1. The molecule has 0 bridgehead atoms. The summed E-state index contributed by atoms with van der Waals surface area (Å²) in [4.78, 5) is 33.2. The second-order valence-electron chi connectivity index (χ2n) is 9.51. The number of anilines is 5. The second-order valence-corrected chi connectivity index (χ2v) is 9.51. The van der Waals surface area contributed by atoms with Crippen LogP contribution in [0.3, 0.4) is 0 Å². The number of hydrogen-bond donors (Lipinski definition) is 5. The predicted octanol–water partition coefficient (Wildman–Crippen LogP) is 4.91. The van der Waals surface area contributed by atoms with Gasteiger partial charge in [-0.05, 0) is 55.2 Å². The van der Waals surface area contributed by atoms with Gasteiger partial charge in [0.15, 0.2) is 11.4 Å². The van der Waals surface area contributed by atoms with E-state index in [1.54, 1.807) is 71.4 Å². The maximum atomic E-state index is 13.0. The van der Waals surface area contributed by atoms with Gasteiger partial charge < -0.3 is 26.6 Å². The Kier molecular flexibility index (Phi) is 8.16. The third-order valence-corrected chi connectivity index (χ3v) is 6.44. The number of carbonyl (C=O) groups is 2. The standard InChI is InChI=1S/C30H29N7O4/c31-22-12-7-14-24(17-22)33-29-35-28-21(10-4-5-15-25(38)39)18-32-37(28)30(36-29)34-23-13-6-11-20(16-23)27(41)26(40)19-8-2-1-3-9-19/h1-3,6-9,11-14,16-18,26,40H,4-5,10,15,31H2,(H,38,39)(H2,33,34,35,36). The van der Waals surface area contributed by atoms with Crippen LogP contribution in [0.2, 0.25) is 0 Å². The minimum absolute atomic E-state index is 0.0945. The highest BCUT2D eigenvalue weighted by molar-refractivity contribution is 6.00. The summed E-state index contributed by atoms with van der Waals surface area (Å²) in [5.74, 6) is -0.625. The van der Waals surface area contributed by atoms with E-state index in [2.05, 4.69) is 25.7 Å². The molecule has 0 saturated heterocycles. The molecule has 208 valence electrons. The Morgan fingerprint density at radius 2 is 1.66 bits per heavy atom. The van der Waals surface area contributed by atoms with Crippen molar-refractivity contribution in [1.29, 1.82) is 0 Å². The van der Waals surface area contributed by atoms with Crippen LogP contribution in [0.15, 0.2) is 85.1 Å². The van der Waals surface area contributed by atoms with Gasteiger partial charge in [-0.15, -0.1) is 0 Å². The van der Waals surface area contributed by atoms with Crippen molar-refractivity contribution in [2.45, 2.75) is 31.8 Å². The second kappa shape index (κ2) is 12.3. The molecule has 2 aromatic heterocycles. The fourth-order valence-electron chi connectivity index (χ4n) is 4.40. The number of fused-ring (bicyclic) bond motifs is 1. The van der Waals surface area contributed by atoms with Gasteiger partial charge in [-0.25, -0.2) is 0 Å². The van der Waals surface area contributed by atoms with Crippen LogP contribution in [0.5, 0.6) is 0 Å². The summed E-state index contributed by atoms with van der Waals surface area (Å²) in [6.07, 6.45) is 2.28. The Morgan fingerprint density at radius 1 is 0.902 bits per heavy atom. The molecule has 1 atom stereocenters. The van der Waals surface area contributed by atoms with Gasteiger partial charge in [-0.2, -0.15) is 19.6 Å². The maximum absolute atomic E-state index is 13.0. The molecule has 6 N–H and O–H groups in total. The van der Waals surface area contributed by atoms with Crippen molar-refractivity contribution >= 4 is 46.4 Å². The Hall–Kier alpha value is -5.29. The lowest BCUT2D eigenvalue weighted by Crippen LogP contribution is -2.13. The molecule has 0 aliphatic heterocycles. The van der Waals surface area contributed by atoms with Crippen LogP contribution in [-0.4, -0.2) is 41.5 Å². The minimum Gasteiger partial charge on any atom is -0.481 e. The maximum Gasteiger partial charge on any atom is 0.303 e. The van der Waals surface area contributed by atoms with Crippen LogP contribution < -0.4 is 16.4 Å². The molecule has 0 radical (unpaired) electrons. The van der Waals surface area contributed by atoms with E-state index in [-0.39, 0.29) is 6.42 Å². The zero-order chi connectivity index (χ0) is 28.8. The number of aliphatic hydroxyl groups is 1. The van der Waals surface area contributed by atoms with E-state index in [0.29, 0.717) is 65.0 Å². The fourth-order valence-corrected chi connectivity index (χ4v) is 4.40. The number of carbonyl (C=O) groups excluding carboxylic acids is 1. The average Bonchev–Trinajstić information content (AvgIpc) is 3.38. The van der Waals surface area contributed by atoms with E-state index >= 15 is 0 Å². The highest BCUT2D eigenvalue weighted by Crippen LogP contribution is 2.25. The van der Waals surface area contributed by atoms with Gasteiger partial charge >= 0.3 is 5.97 Å². The van der Waals surface area contributed by atoms with E-state index < -0.39 is 17.9 Å². The van der Waals surface area contributed by atoms with Crippen LogP contribution in [0.25, 0.3) is 5.65 Å². The molecule has 11 heteroatoms. The minimum atomic E-state index is -1.29. The number of nitrogens with two attached hydrogens (primary N) is 1. The Bertz CT molecular complexity index is 1690. The van der Waals surface area contributed by atoms with Crippen molar-refractivity contribution in [1.82, 2.24) is 19.6 Å². The Labute approximate surface area is 235 Å². The highest BCUT2D eigenvalue weighted by atomic mass is 16.4. The number of benzene rings is 3. The van der Waals surface area contributed by atoms with Crippen LogP contribution in [0, 0.1) is 0 Å². The number of nitrogen functional groups attached to an aromatic ring is 1. The number of hydrogen-bond acceptors (Lipinski definition) is 9. The van der Waals surface area contributed by atoms with Crippen LogP contribution in [0.1, 0.15) is 46.9 Å². The number of carboxylic acid groups (broad SMARTS) is 1. The molecule has 0 fully saturated rings. The zero-order valence-electron chi connectivity index (χ0n) is 22.1. The summed E-state index contributed by atoms with van der Waals surface area (Å²) in [5, 5.41) is 30.5. The highest BCUT2D eigenvalue weighted by Gasteiger charge is 2.20. The molecule has 5 rings (SSSR count). The van der Waals surface area contributed by atoms with E-state index in [0.717, 1.165) is 5.56 Å². The number of Topliss-reactive ketones (excluding diaryl/α,β-unsaturated/α-hetero) is 1. The molecular formula is C30H29N7O4. The molecule has 0 spiro atoms. The Balaban J connectivity index is 1.45. The molecule has 0 saturated carbocycles. The van der Waals surface area contributed by atoms with Crippen molar-refractivity contribution in [2.24, 2.45) is 0 Å². The fraction of sp³-hybridized carbons (Fsp3) is 0.167. The molecule has 3 aromatic carbocycles. The molecule has 0 aliphatic carbocycles. The lowest BCUT2D eigenvalue weighted by molar-refractivity contribution is -0.137. The molecule has 1 unspecified atom stereocenters. The van der Waals surface area contributed by atoms with E-state index in [1.807, 2.05) is 18.2 Å². The normalized spacial score (nSPS) is 11.7. The third-order valence-electron chi connectivity index (χ3n) is 6.44. The number of ketones is 1. The van der Waals surface area contributed by atoms with Gasteiger partial charge in [0.05, 0.1) is 6.20 Å². The number of aliphatic carboxylic acids is 1. The number of aromatic nitrogens is 4. The average molecular weight is 552 g/mol. The quantitative estimate of drug-likeness (QED) is 0.0816. The molecule has 2 heterocycles.